The molecule has 0 bridgehead atoms. The van der Waals surface area contributed by atoms with E-state index in [1.54, 1.807) is 16.2 Å². The monoisotopic (exact) mass is 367 g/mol. The summed E-state index contributed by atoms with van der Waals surface area (Å²) in [6, 6.07) is 17.7. The van der Waals surface area contributed by atoms with Gasteiger partial charge in [-0.15, -0.1) is 11.3 Å². The van der Waals surface area contributed by atoms with Crippen molar-refractivity contribution >= 4 is 39.7 Å². The second kappa shape index (κ2) is 8.63. The number of hydrogen-bond acceptors (Lipinski definition) is 4. The van der Waals surface area contributed by atoms with Crippen molar-refractivity contribution in [3.8, 4) is 0 Å². The number of carbonyl (C=O) groups is 2. The number of nitrogens with zero attached hydrogens (tertiary/aromatic N) is 1. The van der Waals surface area contributed by atoms with Crippen molar-refractivity contribution in [2.24, 2.45) is 0 Å². The fourth-order valence-corrected chi connectivity index (χ4v) is 3.61. The summed E-state index contributed by atoms with van der Waals surface area (Å²) in [5, 5.41) is 4.06. The van der Waals surface area contributed by atoms with E-state index in [0.717, 1.165) is 21.3 Å². The van der Waals surface area contributed by atoms with Crippen molar-refractivity contribution in [2.45, 2.75) is 19.8 Å². The molecule has 0 N–H and O–H groups in total. The molecule has 1 heterocycles. The highest BCUT2D eigenvalue weighted by Crippen LogP contribution is 2.26. The minimum atomic E-state index is -0.347. The highest BCUT2D eigenvalue weighted by Gasteiger charge is 2.18. The number of hydrogen-bond donors (Lipinski definition) is 0. The number of esters is 1. The van der Waals surface area contributed by atoms with Gasteiger partial charge in [-0.1, -0.05) is 42.5 Å². The van der Waals surface area contributed by atoms with Crippen LogP contribution in [0.15, 0.2) is 60.0 Å². The maximum atomic E-state index is 12.6. The molecule has 0 unspecified atom stereocenters. The second-order valence-corrected chi connectivity index (χ2v) is 6.91. The molecule has 0 saturated carbocycles. The summed E-state index contributed by atoms with van der Waals surface area (Å²) in [5.74, 6) is -0.561. The number of benzene rings is 2. The van der Waals surface area contributed by atoms with Gasteiger partial charge in [-0.2, -0.15) is 0 Å². The van der Waals surface area contributed by atoms with Crippen LogP contribution in [-0.2, 0) is 20.7 Å². The van der Waals surface area contributed by atoms with Crippen LogP contribution in [0.4, 0.5) is 5.69 Å². The molecule has 2 aromatic carbocycles. The maximum absolute atomic E-state index is 12.6. The number of fused-ring (bicyclic) bond motifs is 1. The lowest BCUT2D eigenvalue weighted by Gasteiger charge is -2.22. The third kappa shape index (κ3) is 4.29. The first-order valence-electron chi connectivity index (χ1n) is 8.65. The van der Waals surface area contributed by atoms with Gasteiger partial charge in [0.2, 0.25) is 0 Å². The summed E-state index contributed by atoms with van der Waals surface area (Å²) in [4.78, 5) is 27.3. The Kier molecular flexibility index (Phi) is 6.02. The molecule has 3 rings (SSSR count). The molecule has 0 radical (unpaired) electrons. The van der Waals surface area contributed by atoms with Gasteiger partial charge >= 0.3 is 5.97 Å². The van der Waals surface area contributed by atoms with Gasteiger partial charge in [0, 0.05) is 16.8 Å². The molecule has 1 amide bonds. The van der Waals surface area contributed by atoms with Gasteiger partial charge in [0.15, 0.2) is 6.61 Å². The van der Waals surface area contributed by atoms with Gasteiger partial charge in [0.05, 0.1) is 12.1 Å². The Bertz CT molecular complexity index is 884. The van der Waals surface area contributed by atoms with E-state index in [2.05, 4.69) is 0 Å². The van der Waals surface area contributed by atoms with Gasteiger partial charge in [0.25, 0.3) is 5.91 Å². The second-order valence-electron chi connectivity index (χ2n) is 5.88. The lowest BCUT2D eigenvalue weighted by Crippen LogP contribution is -2.34. The number of amides is 1. The molecule has 5 heteroatoms. The first kappa shape index (κ1) is 18.1. The number of aryl methyl sites for hydroxylation is 1. The van der Waals surface area contributed by atoms with Crippen LogP contribution >= 0.6 is 11.3 Å². The zero-order chi connectivity index (χ0) is 18.4. The van der Waals surface area contributed by atoms with Crippen LogP contribution in [0.2, 0.25) is 0 Å². The molecule has 4 nitrogen and oxygen atoms in total. The fourth-order valence-electron chi connectivity index (χ4n) is 2.90. The number of anilines is 1. The first-order chi connectivity index (χ1) is 12.7. The number of thiophene rings is 1. The van der Waals surface area contributed by atoms with Crippen LogP contribution in [0.5, 0.6) is 0 Å². The molecule has 0 aliphatic rings. The molecule has 0 aliphatic heterocycles. The Hall–Kier alpha value is -2.66. The highest BCUT2D eigenvalue weighted by atomic mass is 32.1. The van der Waals surface area contributed by atoms with Crippen LogP contribution in [0, 0.1) is 0 Å². The minimum absolute atomic E-state index is 0.215. The summed E-state index contributed by atoms with van der Waals surface area (Å²) in [6.45, 7) is 2.19. The van der Waals surface area contributed by atoms with Crippen molar-refractivity contribution in [1.29, 1.82) is 0 Å². The van der Waals surface area contributed by atoms with E-state index >= 15 is 0 Å². The zero-order valence-electron chi connectivity index (χ0n) is 14.7. The molecule has 1 aromatic heterocycles. The molecule has 0 saturated heterocycles. The largest absolute Gasteiger partial charge is 0.456 e. The molecule has 0 aliphatic carbocycles. The summed E-state index contributed by atoms with van der Waals surface area (Å²) in [7, 11) is 0. The lowest BCUT2D eigenvalue weighted by molar-refractivity contribution is -0.147. The molecule has 26 heavy (non-hydrogen) atoms. The lowest BCUT2D eigenvalue weighted by atomic mass is 10.1. The third-order valence-electron chi connectivity index (χ3n) is 4.19. The van der Waals surface area contributed by atoms with Crippen LogP contribution in [0.25, 0.3) is 10.8 Å². The summed E-state index contributed by atoms with van der Waals surface area (Å²) < 4.78 is 5.19. The van der Waals surface area contributed by atoms with Crippen LogP contribution < -0.4 is 4.90 Å². The van der Waals surface area contributed by atoms with E-state index in [1.165, 1.54) is 0 Å². The van der Waals surface area contributed by atoms with Crippen LogP contribution in [-0.4, -0.2) is 25.0 Å². The summed E-state index contributed by atoms with van der Waals surface area (Å²) in [5.41, 5.74) is 0.838. The van der Waals surface area contributed by atoms with E-state index in [4.69, 9.17) is 4.74 Å². The van der Waals surface area contributed by atoms with Gasteiger partial charge in [-0.25, -0.2) is 0 Å². The fraction of sp³-hybridized carbons (Fsp3) is 0.238. The standard InChI is InChI=1S/C21H21NO3S/c1-2-22(19-11-5-8-16-7-3-4-10-18(16)19)20(23)15-25-21(24)13-12-17-9-6-14-26-17/h3-11,14H,2,12-13,15H2,1H3. The molecule has 0 spiro atoms. The zero-order valence-corrected chi connectivity index (χ0v) is 15.5. The van der Waals surface area contributed by atoms with Crippen molar-refractivity contribution in [3.63, 3.8) is 0 Å². The van der Waals surface area contributed by atoms with Gasteiger partial charge < -0.3 is 9.64 Å². The van der Waals surface area contributed by atoms with Crippen molar-refractivity contribution in [3.05, 3.63) is 64.9 Å². The molecular weight excluding hydrogens is 346 g/mol. The quantitative estimate of drug-likeness (QED) is 0.580. The van der Waals surface area contributed by atoms with Gasteiger partial charge in [-0.05, 0) is 36.2 Å². The number of ether oxygens (including phenoxy) is 1. The van der Waals surface area contributed by atoms with Crippen molar-refractivity contribution < 1.29 is 14.3 Å². The van der Waals surface area contributed by atoms with Gasteiger partial charge in [0.1, 0.15) is 0 Å². The molecule has 0 atom stereocenters. The predicted octanol–water partition coefficient (Wildman–Crippen LogP) is 4.43. The van der Waals surface area contributed by atoms with E-state index in [1.807, 2.05) is 66.9 Å². The molecule has 3 aromatic rings. The Morgan fingerprint density at radius 3 is 2.62 bits per heavy atom. The molecule has 134 valence electrons. The number of carbonyl (C=O) groups excluding carboxylic acids is 2. The Morgan fingerprint density at radius 2 is 1.85 bits per heavy atom. The first-order valence-corrected chi connectivity index (χ1v) is 9.53. The summed E-state index contributed by atoms with van der Waals surface area (Å²) in [6.07, 6.45) is 0.930. The molecular formula is C21H21NO3S. The van der Waals surface area contributed by atoms with E-state index in [-0.39, 0.29) is 24.9 Å². The topological polar surface area (TPSA) is 46.6 Å². The average molecular weight is 367 g/mol. The third-order valence-corrected chi connectivity index (χ3v) is 5.12. The van der Waals surface area contributed by atoms with E-state index in [0.29, 0.717) is 13.0 Å². The Morgan fingerprint density at radius 1 is 1.04 bits per heavy atom. The normalized spacial score (nSPS) is 10.7. The number of likely N-dealkylation sites (N-methyl/N-ethyl adjacent to an activating group) is 1. The van der Waals surface area contributed by atoms with Gasteiger partial charge in [-0.3, -0.25) is 9.59 Å². The minimum Gasteiger partial charge on any atom is -0.456 e. The summed E-state index contributed by atoms with van der Waals surface area (Å²) >= 11 is 1.61. The van der Waals surface area contributed by atoms with E-state index in [9.17, 15) is 9.59 Å². The van der Waals surface area contributed by atoms with E-state index < -0.39 is 0 Å². The average Bonchev–Trinajstić information content (AvgIpc) is 3.19. The van der Waals surface area contributed by atoms with Crippen LogP contribution in [0.3, 0.4) is 0 Å². The molecule has 0 fully saturated rings. The smallest absolute Gasteiger partial charge is 0.306 e. The highest BCUT2D eigenvalue weighted by molar-refractivity contribution is 7.09. The number of rotatable bonds is 7. The van der Waals surface area contributed by atoms with Crippen molar-refractivity contribution in [1.82, 2.24) is 0 Å². The Labute approximate surface area is 157 Å². The maximum Gasteiger partial charge on any atom is 0.306 e. The Balaban J connectivity index is 1.62. The van der Waals surface area contributed by atoms with Crippen molar-refractivity contribution in [2.75, 3.05) is 18.1 Å². The van der Waals surface area contributed by atoms with Crippen LogP contribution in [0.1, 0.15) is 18.2 Å². The SMILES string of the molecule is CCN(C(=O)COC(=O)CCc1cccs1)c1cccc2ccccc12. The predicted molar refractivity (Wildman–Crippen MR) is 106 cm³/mol.